The van der Waals surface area contributed by atoms with Crippen molar-refractivity contribution in [3.05, 3.63) is 29.8 Å². The second-order valence-electron chi connectivity index (χ2n) is 3.78. The monoisotopic (exact) mass is 225 g/mol. The Kier molecular flexibility index (Phi) is 4.55. The molecule has 0 aromatic carbocycles. The minimum absolute atomic E-state index is 0.0873. The Morgan fingerprint density at radius 3 is 2.56 bits per heavy atom. The Balaban J connectivity index is 2.85. The lowest BCUT2D eigenvalue weighted by Gasteiger charge is -2.18. The Bertz CT molecular complexity index is 364. The van der Waals surface area contributed by atoms with Crippen LogP contribution in [0.4, 0.5) is 4.39 Å². The van der Waals surface area contributed by atoms with Crippen molar-refractivity contribution in [1.82, 2.24) is 4.98 Å². The number of rotatable bonds is 5. The summed E-state index contributed by atoms with van der Waals surface area (Å²) in [7, 11) is 0. The molecule has 3 nitrogen and oxygen atoms in total. The van der Waals surface area contributed by atoms with Crippen LogP contribution < -0.4 is 0 Å². The molecular weight excluding hydrogens is 209 g/mol. The first kappa shape index (κ1) is 12.8. The topological polar surface area (TPSA) is 50.2 Å². The highest BCUT2D eigenvalue weighted by Gasteiger charge is 2.24. The molecule has 0 aliphatic rings. The van der Waals surface area contributed by atoms with Crippen LogP contribution in [0.5, 0.6) is 0 Å². The molecule has 16 heavy (non-hydrogen) atoms. The van der Waals surface area contributed by atoms with Gasteiger partial charge in [0.25, 0.3) is 0 Å². The molecule has 0 aliphatic carbocycles. The van der Waals surface area contributed by atoms with Crippen molar-refractivity contribution in [3.63, 3.8) is 0 Å². The molecule has 1 rings (SSSR count). The maximum Gasteiger partial charge on any atom is 0.193 e. The van der Waals surface area contributed by atoms with Gasteiger partial charge in [-0.2, -0.15) is 0 Å². The molecule has 0 fully saturated rings. The van der Waals surface area contributed by atoms with Gasteiger partial charge in [-0.15, -0.1) is 0 Å². The van der Waals surface area contributed by atoms with E-state index in [4.69, 9.17) is 0 Å². The summed E-state index contributed by atoms with van der Waals surface area (Å²) in [5.41, 5.74) is 0.124. The van der Waals surface area contributed by atoms with Crippen LogP contribution in [0.15, 0.2) is 18.5 Å². The van der Waals surface area contributed by atoms with Crippen LogP contribution in [0.1, 0.15) is 37.0 Å². The number of aliphatic hydroxyl groups is 1. The van der Waals surface area contributed by atoms with Crippen LogP contribution in [-0.4, -0.2) is 22.0 Å². The summed E-state index contributed by atoms with van der Waals surface area (Å²) < 4.78 is 12.9. The molecule has 0 aliphatic heterocycles. The zero-order valence-electron chi connectivity index (χ0n) is 9.48. The summed E-state index contributed by atoms with van der Waals surface area (Å²) in [5.74, 6) is -1.11. The molecule has 0 saturated heterocycles. The SMILES string of the molecule is CCC(CC)C(O)C(=O)c1cncc(F)c1. The van der Waals surface area contributed by atoms with Crippen LogP contribution in [0.25, 0.3) is 0 Å². The number of aromatic nitrogens is 1. The number of hydrogen-bond acceptors (Lipinski definition) is 3. The van der Waals surface area contributed by atoms with Crippen molar-refractivity contribution >= 4 is 5.78 Å². The summed E-state index contributed by atoms with van der Waals surface area (Å²) in [4.78, 5) is 15.4. The fourth-order valence-corrected chi connectivity index (χ4v) is 1.67. The summed E-state index contributed by atoms with van der Waals surface area (Å²) in [5, 5.41) is 9.82. The minimum Gasteiger partial charge on any atom is -0.385 e. The number of halogens is 1. The Morgan fingerprint density at radius 2 is 2.06 bits per heavy atom. The van der Waals surface area contributed by atoms with Gasteiger partial charge in [0, 0.05) is 11.8 Å². The number of nitrogens with zero attached hydrogens (tertiary/aromatic N) is 1. The van der Waals surface area contributed by atoms with Gasteiger partial charge in [0.15, 0.2) is 5.78 Å². The maximum absolute atomic E-state index is 12.9. The molecular formula is C12H16FNO2. The molecule has 4 heteroatoms. The van der Waals surface area contributed by atoms with Gasteiger partial charge in [0.05, 0.1) is 6.20 Å². The molecule has 1 aromatic rings. The fraction of sp³-hybridized carbons (Fsp3) is 0.500. The van der Waals surface area contributed by atoms with Gasteiger partial charge in [0.2, 0.25) is 0 Å². The quantitative estimate of drug-likeness (QED) is 0.781. The highest BCUT2D eigenvalue weighted by Crippen LogP contribution is 2.17. The van der Waals surface area contributed by atoms with Gasteiger partial charge in [-0.3, -0.25) is 9.78 Å². The van der Waals surface area contributed by atoms with Crippen LogP contribution in [0.3, 0.4) is 0 Å². The number of Topliss-reactive ketones (excluding diaryl/α,β-unsaturated/α-hetero) is 1. The van der Waals surface area contributed by atoms with Crippen LogP contribution in [0, 0.1) is 11.7 Å². The first-order valence-electron chi connectivity index (χ1n) is 5.43. The maximum atomic E-state index is 12.9. The molecule has 0 spiro atoms. The second kappa shape index (κ2) is 5.70. The largest absolute Gasteiger partial charge is 0.385 e. The fourth-order valence-electron chi connectivity index (χ4n) is 1.67. The number of carbonyl (C=O) groups is 1. The lowest BCUT2D eigenvalue weighted by atomic mass is 9.91. The van der Waals surface area contributed by atoms with Crippen molar-refractivity contribution < 1.29 is 14.3 Å². The third-order valence-electron chi connectivity index (χ3n) is 2.75. The van der Waals surface area contributed by atoms with E-state index in [1.165, 1.54) is 6.20 Å². The number of hydrogen-bond donors (Lipinski definition) is 1. The molecule has 0 amide bonds. The molecule has 88 valence electrons. The van der Waals surface area contributed by atoms with Gasteiger partial charge in [-0.25, -0.2) is 4.39 Å². The van der Waals surface area contributed by atoms with Gasteiger partial charge >= 0.3 is 0 Å². The summed E-state index contributed by atoms with van der Waals surface area (Å²) >= 11 is 0. The molecule has 0 radical (unpaired) electrons. The van der Waals surface area contributed by atoms with Gasteiger partial charge < -0.3 is 5.11 Å². The van der Waals surface area contributed by atoms with E-state index in [1.807, 2.05) is 13.8 Å². The van der Waals surface area contributed by atoms with Crippen LogP contribution in [-0.2, 0) is 0 Å². The van der Waals surface area contributed by atoms with Crippen molar-refractivity contribution in [2.24, 2.45) is 5.92 Å². The van der Waals surface area contributed by atoms with Crippen molar-refractivity contribution in [1.29, 1.82) is 0 Å². The molecule has 0 bridgehead atoms. The first-order valence-corrected chi connectivity index (χ1v) is 5.43. The summed E-state index contributed by atoms with van der Waals surface area (Å²) in [6.45, 7) is 3.82. The lowest BCUT2D eigenvalue weighted by Crippen LogP contribution is -2.29. The number of carbonyl (C=O) groups excluding carboxylic acids is 1. The molecule has 0 saturated carbocycles. The highest BCUT2D eigenvalue weighted by atomic mass is 19.1. The van der Waals surface area contributed by atoms with Crippen molar-refractivity contribution in [2.75, 3.05) is 0 Å². The number of aliphatic hydroxyl groups excluding tert-OH is 1. The Labute approximate surface area is 94.3 Å². The van der Waals surface area contributed by atoms with Crippen LogP contribution in [0.2, 0.25) is 0 Å². The van der Waals surface area contributed by atoms with E-state index in [2.05, 4.69) is 4.98 Å². The summed E-state index contributed by atoms with van der Waals surface area (Å²) in [6, 6.07) is 1.10. The van der Waals surface area contributed by atoms with E-state index in [0.29, 0.717) is 12.8 Å². The number of ketones is 1. The van der Waals surface area contributed by atoms with E-state index < -0.39 is 17.7 Å². The van der Waals surface area contributed by atoms with E-state index >= 15 is 0 Å². The minimum atomic E-state index is -1.07. The van der Waals surface area contributed by atoms with Gasteiger partial charge in [0.1, 0.15) is 11.9 Å². The molecule has 1 aromatic heterocycles. The van der Waals surface area contributed by atoms with E-state index in [1.54, 1.807) is 0 Å². The highest BCUT2D eigenvalue weighted by molar-refractivity contribution is 5.99. The Hall–Kier alpha value is -1.29. The van der Waals surface area contributed by atoms with Gasteiger partial charge in [-0.05, 0) is 12.0 Å². The zero-order chi connectivity index (χ0) is 12.1. The molecule has 1 N–H and O–H groups in total. The standard InChI is InChI=1S/C12H16FNO2/c1-3-8(4-2)11(15)12(16)9-5-10(13)7-14-6-9/h5-8,11,15H,3-4H2,1-2H3. The van der Waals surface area contributed by atoms with Crippen molar-refractivity contribution in [3.8, 4) is 0 Å². The smallest absolute Gasteiger partial charge is 0.193 e. The van der Waals surface area contributed by atoms with E-state index in [-0.39, 0.29) is 11.5 Å². The number of pyridine rings is 1. The Morgan fingerprint density at radius 1 is 1.44 bits per heavy atom. The molecule has 1 atom stereocenters. The predicted octanol–water partition coefficient (Wildman–Crippen LogP) is 2.20. The first-order chi connectivity index (χ1) is 7.60. The van der Waals surface area contributed by atoms with E-state index in [0.717, 1.165) is 12.3 Å². The van der Waals surface area contributed by atoms with Gasteiger partial charge in [-0.1, -0.05) is 26.7 Å². The molecule has 1 unspecified atom stereocenters. The van der Waals surface area contributed by atoms with E-state index in [9.17, 15) is 14.3 Å². The van der Waals surface area contributed by atoms with Crippen molar-refractivity contribution in [2.45, 2.75) is 32.8 Å². The lowest BCUT2D eigenvalue weighted by molar-refractivity contribution is 0.0587. The van der Waals surface area contributed by atoms with Crippen LogP contribution >= 0.6 is 0 Å². The average Bonchev–Trinajstić information content (AvgIpc) is 2.29. The normalized spacial score (nSPS) is 12.8. The predicted molar refractivity (Wildman–Crippen MR) is 58.6 cm³/mol. The molecule has 1 heterocycles. The third-order valence-corrected chi connectivity index (χ3v) is 2.75. The second-order valence-corrected chi connectivity index (χ2v) is 3.78. The third kappa shape index (κ3) is 2.85. The zero-order valence-corrected chi connectivity index (χ0v) is 9.48. The average molecular weight is 225 g/mol. The summed E-state index contributed by atoms with van der Waals surface area (Å²) in [6.07, 6.45) is 2.66.